The fourth-order valence-electron chi connectivity index (χ4n) is 2.57. The molecule has 24 heavy (non-hydrogen) atoms. The second kappa shape index (κ2) is 6.23. The van der Waals surface area contributed by atoms with E-state index in [4.69, 9.17) is 0 Å². The molecule has 0 radical (unpaired) electrons. The number of imide groups is 1. The molecule has 0 unspecified atom stereocenters. The van der Waals surface area contributed by atoms with E-state index in [2.05, 4.69) is 10.3 Å². The number of aryl methyl sites for hydroxylation is 2. The summed E-state index contributed by atoms with van der Waals surface area (Å²) in [6.45, 7) is 3.81. The van der Waals surface area contributed by atoms with Crippen molar-refractivity contribution in [3.63, 3.8) is 0 Å². The largest absolute Gasteiger partial charge is 0.311 e. The van der Waals surface area contributed by atoms with Crippen LogP contribution in [0.5, 0.6) is 0 Å². The average molecular weight is 323 g/mol. The molecule has 6 heteroatoms. The standard InChI is InChI=1S/C18H17N3O3/c1-11-3-5-13-14(9-11)18(24)21(17(13)23)8-7-16(22)20-15-6-4-12(2)10-19-15/h3-6,9-10H,7-8H2,1-2H3,(H,19,20,22). The Morgan fingerprint density at radius 2 is 1.75 bits per heavy atom. The van der Waals surface area contributed by atoms with Crippen molar-refractivity contribution in [3.05, 3.63) is 58.8 Å². The second-order valence-electron chi connectivity index (χ2n) is 5.83. The predicted molar refractivity (Wildman–Crippen MR) is 88.8 cm³/mol. The van der Waals surface area contributed by atoms with E-state index in [0.29, 0.717) is 16.9 Å². The van der Waals surface area contributed by atoms with Gasteiger partial charge in [0.1, 0.15) is 5.82 Å². The molecule has 122 valence electrons. The molecule has 1 N–H and O–H groups in total. The number of hydrogen-bond donors (Lipinski definition) is 1. The number of anilines is 1. The fraction of sp³-hybridized carbons (Fsp3) is 0.222. The van der Waals surface area contributed by atoms with Gasteiger partial charge in [-0.3, -0.25) is 19.3 Å². The van der Waals surface area contributed by atoms with Crippen LogP contribution in [0.25, 0.3) is 0 Å². The average Bonchev–Trinajstić information content (AvgIpc) is 2.78. The maximum absolute atomic E-state index is 12.3. The summed E-state index contributed by atoms with van der Waals surface area (Å²) in [7, 11) is 0. The van der Waals surface area contributed by atoms with Crippen molar-refractivity contribution in [2.75, 3.05) is 11.9 Å². The highest BCUT2D eigenvalue weighted by Crippen LogP contribution is 2.24. The lowest BCUT2D eigenvalue weighted by Gasteiger charge is -2.13. The van der Waals surface area contributed by atoms with Crippen LogP contribution in [0.3, 0.4) is 0 Å². The first kappa shape index (κ1) is 15.9. The summed E-state index contributed by atoms with van der Waals surface area (Å²) in [5.41, 5.74) is 2.71. The molecule has 0 saturated heterocycles. The Morgan fingerprint density at radius 1 is 1.04 bits per heavy atom. The topological polar surface area (TPSA) is 79.4 Å². The summed E-state index contributed by atoms with van der Waals surface area (Å²) in [6, 6.07) is 8.70. The van der Waals surface area contributed by atoms with Crippen LogP contribution in [0, 0.1) is 13.8 Å². The van der Waals surface area contributed by atoms with Crippen LogP contribution < -0.4 is 5.32 Å². The number of benzene rings is 1. The molecule has 0 fully saturated rings. The van der Waals surface area contributed by atoms with Crippen molar-refractivity contribution in [2.24, 2.45) is 0 Å². The van der Waals surface area contributed by atoms with Gasteiger partial charge in [-0.05, 0) is 37.6 Å². The van der Waals surface area contributed by atoms with E-state index in [0.717, 1.165) is 16.0 Å². The lowest BCUT2D eigenvalue weighted by atomic mass is 10.1. The Morgan fingerprint density at radius 3 is 2.46 bits per heavy atom. The second-order valence-corrected chi connectivity index (χ2v) is 5.83. The Bertz CT molecular complexity index is 828. The zero-order valence-corrected chi connectivity index (χ0v) is 13.5. The van der Waals surface area contributed by atoms with Crippen LogP contribution >= 0.6 is 0 Å². The monoisotopic (exact) mass is 323 g/mol. The number of aromatic nitrogens is 1. The molecule has 3 amide bonds. The third kappa shape index (κ3) is 3.03. The highest BCUT2D eigenvalue weighted by Gasteiger charge is 2.35. The van der Waals surface area contributed by atoms with Gasteiger partial charge in [0.05, 0.1) is 11.1 Å². The van der Waals surface area contributed by atoms with E-state index in [1.54, 1.807) is 30.5 Å². The first-order valence-electron chi connectivity index (χ1n) is 7.65. The molecule has 0 aliphatic carbocycles. The Kier molecular flexibility index (Phi) is 4.12. The molecular weight excluding hydrogens is 306 g/mol. The number of carbonyl (C=O) groups is 3. The molecule has 2 heterocycles. The fourth-order valence-corrected chi connectivity index (χ4v) is 2.57. The summed E-state index contributed by atoms with van der Waals surface area (Å²) >= 11 is 0. The van der Waals surface area contributed by atoms with Crippen molar-refractivity contribution in [1.82, 2.24) is 9.88 Å². The Hall–Kier alpha value is -3.02. The molecule has 1 aliphatic heterocycles. The molecule has 2 aromatic rings. The number of pyridine rings is 1. The SMILES string of the molecule is Cc1ccc(NC(=O)CCN2C(=O)c3ccc(C)cc3C2=O)nc1. The lowest BCUT2D eigenvalue weighted by Crippen LogP contribution is -2.32. The van der Waals surface area contributed by atoms with Crippen molar-refractivity contribution in [3.8, 4) is 0 Å². The van der Waals surface area contributed by atoms with E-state index in [9.17, 15) is 14.4 Å². The van der Waals surface area contributed by atoms with E-state index < -0.39 is 0 Å². The number of rotatable bonds is 4. The lowest BCUT2D eigenvalue weighted by molar-refractivity contribution is -0.116. The minimum Gasteiger partial charge on any atom is -0.311 e. The molecule has 1 aromatic carbocycles. The van der Waals surface area contributed by atoms with Crippen LogP contribution in [-0.2, 0) is 4.79 Å². The highest BCUT2D eigenvalue weighted by atomic mass is 16.2. The number of hydrogen-bond acceptors (Lipinski definition) is 4. The molecule has 0 bridgehead atoms. The molecule has 0 saturated carbocycles. The van der Waals surface area contributed by atoms with Crippen LogP contribution in [-0.4, -0.2) is 34.2 Å². The third-order valence-corrected chi connectivity index (χ3v) is 3.87. The number of nitrogens with zero attached hydrogens (tertiary/aromatic N) is 2. The van der Waals surface area contributed by atoms with Gasteiger partial charge in [-0.1, -0.05) is 17.7 Å². The van der Waals surface area contributed by atoms with Gasteiger partial charge < -0.3 is 5.32 Å². The predicted octanol–water partition coefficient (Wildman–Crippen LogP) is 2.32. The first-order chi connectivity index (χ1) is 11.5. The van der Waals surface area contributed by atoms with E-state index >= 15 is 0 Å². The van der Waals surface area contributed by atoms with Crippen molar-refractivity contribution >= 4 is 23.5 Å². The number of nitrogens with one attached hydrogen (secondary N) is 1. The highest BCUT2D eigenvalue weighted by molar-refractivity contribution is 6.21. The summed E-state index contributed by atoms with van der Waals surface area (Å²) < 4.78 is 0. The number of fused-ring (bicyclic) bond motifs is 1. The van der Waals surface area contributed by atoms with Gasteiger partial charge in [0.15, 0.2) is 0 Å². The molecule has 0 spiro atoms. The molecule has 6 nitrogen and oxygen atoms in total. The summed E-state index contributed by atoms with van der Waals surface area (Å²) in [5.74, 6) is -0.543. The maximum atomic E-state index is 12.3. The molecule has 0 atom stereocenters. The maximum Gasteiger partial charge on any atom is 0.261 e. The van der Waals surface area contributed by atoms with Crippen LogP contribution in [0.2, 0.25) is 0 Å². The van der Waals surface area contributed by atoms with Gasteiger partial charge in [0.2, 0.25) is 5.91 Å². The molecule has 3 rings (SSSR count). The zero-order chi connectivity index (χ0) is 17.3. The minimum absolute atomic E-state index is 0.0278. The zero-order valence-electron chi connectivity index (χ0n) is 13.5. The van der Waals surface area contributed by atoms with Gasteiger partial charge in [0.25, 0.3) is 11.8 Å². The Balaban J connectivity index is 1.63. The van der Waals surface area contributed by atoms with Crippen LogP contribution in [0.4, 0.5) is 5.82 Å². The van der Waals surface area contributed by atoms with Crippen molar-refractivity contribution in [1.29, 1.82) is 0 Å². The van der Waals surface area contributed by atoms with Gasteiger partial charge in [-0.25, -0.2) is 4.98 Å². The van der Waals surface area contributed by atoms with Gasteiger partial charge in [0, 0.05) is 19.2 Å². The smallest absolute Gasteiger partial charge is 0.261 e. The third-order valence-electron chi connectivity index (χ3n) is 3.87. The van der Waals surface area contributed by atoms with Crippen LogP contribution in [0.1, 0.15) is 38.3 Å². The summed E-state index contributed by atoms with van der Waals surface area (Å²) in [5, 5.41) is 2.65. The Labute approximate surface area is 139 Å². The minimum atomic E-state index is -0.351. The molecule has 1 aliphatic rings. The first-order valence-corrected chi connectivity index (χ1v) is 7.65. The summed E-state index contributed by atoms with van der Waals surface area (Å²) in [6.07, 6.45) is 1.68. The van der Waals surface area contributed by atoms with E-state index in [-0.39, 0.29) is 30.7 Å². The van der Waals surface area contributed by atoms with Gasteiger partial charge >= 0.3 is 0 Å². The van der Waals surface area contributed by atoms with Crippen LogP contribution in [0.15, 0.2) is 36.5 Å². The van der Waals surface area contributed by atoms with E-state index in [1.807, 2.05) is 19.9 Å². The van der Waals surface area contributed by atoms with Gasteiger partial charge in [-0.2, -0.15) is 0 Å². The van der Waals surface area contributed by atoms with Crippen molar-refractivity contribution in [2.45, 2.75) is 20.3 Å². The van der Waals surface area contributed by atoms with E-state index in [1.165, 1.54) is 0 Å². The van der Waals surface area contributed by atoms with Gasteiger partial charge in [-0.15, -0.1) is 0 Å². The normalized spacial score (nSPS) is 13.2. The summed E-state index contributed by atoms with van der Waals surface area (Å²) in [4.78, 5) is 41.8. The van der Waals surface area contributed by atoms with Crippen molar-refractivity contribution < 1.29 is 14.4 Å². The molecular formula is C18H17N3O3. The molecule has 1 aromatic heterocycles. The number of amides is 3. The quantitative estimate of drug-likeness (QED) is 0.876. The number of carbonyl (C=O) groups excluding carboxylic acids is 3.